The second-order valence-electron chi connectivity index (χ2n) is 5.00. The predicted octanol–water partition coefficient (Wildman–Crippen LogP) is 2.65. The van der Waals surface area contributed by atoms with E-state index in [4.69, 9.17) is 9.47 Å². The smallest absolute Gasteiger partial charge is 0.347 e. The van der Waals surface area contributed by atoms with E-state index in [2.05, 4.69) is 0 Å². The lowest BCUT2D eigenvalue weighted by Crippen LogP contribution is -1.97. The van der Waals surface area contributed by atoms with Crippen molar-refractivity contribution in [3.8, 4) is 5.75 Å². The van der Waals surface area contributed by atoms with E-state index in [0.29, 0.717) is 16.9 Å². The number of methoxy groups -OCH3 is 1. The maximum Gasteiger partial charge on any atom is 0.347 e. The van der Waals surface area contributed by atoms with Crippen molar-refractivity contribution >= 4 is 33.7 Å². The van der Waals surface area contributed by atoms with Gasteiger partial charge in [-0.1, -0.05) is 0 Å². The molecular formula is C16H11NO4. The van der Waals surface area contributed by atoms with Gasteiger partial charge in [-0.05, 0) is 30.3 Å². The number of ether oxygens (including phenoxy) is 2. The standard InChI is InChI=1S/C16H11NO4/c1-17-11-5-3-8(20-2)7-10(11)13-12(17)6-4-9-14(13)16(19)21-15(9)18/h3-7H,1-2H3. The molecule has 1 aliphatic heterocycles. The Balaban J connectivity index is 2.26. The monoisotopic (exact) mass is 281 g/mol. The number of hydrogen-bond acceptors (Lipinski definition) is 4. The summed E-state index contributed by atoms with van der Waals surface area (Å²) in [6, 6.07) is 9.14. The molecule has 4 rings (SSSR count). The van der Waals surface area contributed by atoms with E-state index in [0.717, 1.165) is 21.8 Å². The lowest BCUT2D eigenvalue weighted by molar-refractivity contribution is 0.0444. The van der Waals surface area contributed by atoms with Crippen LogP contribution in [-0.4, -0.2) is 23.6 Å². The normalized spacial score (nSPS) is 13.8. The van der Waals surface area contributed by atoms with Crippen molar-refractivity contribution in [2.75, 3.05) is 7.11 Å². The van der Waals surface area contributed by atoms with Gasteiger partial charge in [0.25, 0.3) is 0 Å². The highest BCUT2D eigenvalue weighted by Gasteiger charge is 2.33. The minimum absolute atomic E-state index is 0.322. The van der Waals surface area contributed by atoms with Gasteiger partial charge in [0, 0.05) is 28.9 Å². The summed E-state index contributed by atoms with van der Waals surface area (Å²) in [5.41, 5.74) is 2.51. The summed E-state index contributed by atoms with van der Waals surface area (Å²) in [4.78, 5) is 23.7. The molecule has 0 fully saturated rings. The largest absolute Gasteiger partial charge is 0.497 e. The zero-order chi connectivity index (χ0) is 14.7. The lowest BCUT2D eigenvalue weighted by Gasteiger charge is -2.00. The highest BCUT2D eigenvalue weighted by Crippen LogP contribution is 2.37. The van der Waals surface area contributed by atoms with Crippen LogP contribution >= 0.6 is 0 Å². The third-order valence-electron chi connectivity index (χ3n) is 3.99. The third kappa shape index (κ3) is 1.40. The molecule has 0 aliphatic carbocycles. The SMILES string of the molecule is COc1ccc2c(c1)c1c3c(ccc1n2C)C(=O)OC3=O. The van der Waals surface area contributed by atoms with Crippen LogP contribution in [0.15, 0.2) is 30.3 Å². The highest BCUT2D eigenvalue weighted by molar-refractivity contribution is 6.26. The first-order valence-corrected chi connectivity index (χ1v) is 6.47. The second-order valence-corrected chi connectivity index (χ2v) is 5.00. The third-order valence-corrected chi connectivity index (χ3v) is 3.99. The Hall–Kier alpha value is -2.82. The average molecular weight is 281 g/mol. The Bertz CT molecular complexity index is 952. The van der Waals surface area contributed by atoms with Crippen molar-refractivity contribution in [1.82, 2.24) is 4.57 Å². The molecule has 0 radical (unpaired) electrons. The second kappa shape index (κ2) is 3.85. The average Bonchev–Trinajstić information content (AvgIpc) is 2.94. The van der Waals surface area contributed by atoms with Gasteiger partial charge in [-0.3, -0.25) is 0 Å². The van der Waals surface area contributed by atoms with Gasteiger partial charge in [0.15, 0.2) is 0 Å². The topological polar surface area (TPSA) is 57.5 Å². The van der Waals surface area contributed by atoms with Crippen LogP contribution in [0.5, 0.6) is 5.75 Å². The summed E-state index contributed by atoms with van der Waals surface area (Å²) in [6.45, 7) is 0. The molecule has 1 aliphatic rings. The molecule has 0 saturated heterocycles. The summed E-state index contributed by atoms with van der Waals surface area (Å²) in [7, 11) is 3.51. The molecule has 0 spiro atoms. The number of cyclic esters (lactones) is 2. The van der Waals surface area contributed by atoms with Crippen molar-refractivity contribution in [3.63, 3.8) is 0 Å². The molecule has 1 aromatic heterocycles. The number of esters is 2. The fourth-order valence-corrected chi connectivity index (χ4v) is 2.98. The molecule has 104 valence electrons. The molecule has 0 saturated carbocycles. The summed E-state index contributed by atoms with van der Waals surface area (Å²) in [6.07, 6.45) is 0. The van der Waals surface area contributed by atoms with Crippen molar-refractivity contribution in [3.05, 3.63) is 41.5 Å². The minimum Gasteiger partial charge on any atom is -0.497 e. The van der Waals surface area contributed by atoms with Crippen LogP contribution in [0.25, 0.3) is 21.8 Å². The number of carbonyl (C=O) groups excluding carboxylic acids is 2. The number of benzene rings is 2. The van der Waals surface area contributed by atoms with Crippen LogP contribution in [0.1, 0.15) is 20.7 Å². The molecule has 0 N–H and O–H groups in total. The van der Waals surface area contributed by atoms with Crippen molar-refractivity contribution in [2.24, 2.45) is 7.05 Å². The van der Waals surface area contributed by atoms with Crippen molar-refractivity contribution in [1.29, 1.82) is 0 Å². The van der Waals surface area contributed by atoms with Crippen LogP contribution in [0.4, 0.5) is 0 Å². The molecule has 5 nitrogen and oxygen atoms in total. The molecule has 2 aromatic carbocycles. The van der Waals surface area contributed by atoms with E-state index in [9.17, 15) is 9.59 Å². The van der Waals surface area contributed by atoms with Crippen LogP contribution in [0, 0.1) is 0 Å². The summed E-state index contributed by atoms with van der Waals surface area (Å²) >= 11 is 0. The Labute approximate surface area is 119 Å². The first-order valence-electron chi connectivity index (χ1n) is 6.47. The van der Waals surface area contributed by atoms with Gasteiger partial charge in [0.05, 0.1) is 18.2 Å². The fraction of sp³-hybridized carbons (Fsp3) is 0.125. The minimum atomic E-state index is -0.587. The van der Waals surface area contributed by atoms with Crippen molar-refractivity contribution in [2.45, 2.75) is 0 Å². The first kappa shape index (κ1) is 12.0. The van der Waals surface area contributed by atoms with Crippen LogP contribution < -0.4 is 4.74 Å². The first-order chi connectivity index (χ1) is 10.1. The number of aryl methyl sites for hydroxylation is 1. The lowest BCUT2D eigenvalue weighted by atomic mass is 10.0. The molecule has 3 aromatic rings. The predicted molar refractivity (Wildman–Crippen MR) is 76.7 cm³/mol. The van der Waals surface area contributed by atoms with E-state index in [1.165, 1.54) is 0 Å². The Morgan fingerprint density at radius 3 is 2.57 bits per heavy atom. The molecule has 5 heteroatoms. The Morgan fingerprint density at radius 2 is 1.81 bits per heavy atom. The highest BCUT2D eigenvalue weighted by atomic mass is 16.6. The Morgan fingerprint density at radius 1 is 1.05 bits per heavy atom. The van der Waals surface area contributed by atoms with Gasteiger partial charge in [-0.15, -0.1) is 0 Å². The Kier molecular flexibility index (Phi) is 2.19. The number of rotatable bonds is 1. The molecular weight excluding hydrogens is 270 g/mol. The van der Waals surface area contributed by atoms with Crippen LogP contribution in [0.3, 0.4) is 0 Å². The number of fused-ring (bicyclic) bond motifs is 5. The number of hydrogen-bond donors (Lipinski definition) is 0. The van der Waals surface area contributed by atoms with Gasteiger partial charge < -0.3 is 14.0 Å². The molecule has 2 heterocycles. The van der Waals surface area contributed by atoms with Gasteiger partial charge in [-0.25, -0.2) is 9.59 Å². The number of carbonyl (C=O) groups is 2. The van der Waals surface area contributed by atoms with E-state index in [1.54, 1.807) is 13.2 Å². The molecule has 0 atom stereocenters. The summed E-state index contributed by atoms with van der Waals surface area (Å²) in [5.74, 6) is -0.474. The summed E-state index contributed by atoms with van der Waals surface area (Å²) < 4.78 is 12.0. The quantitative estimate of drug-likeness (QED) is 0.508. The van der Waals surface area contributed by atoms with E-state index < -0.39 is 11.9 Å². The van der Waals surface area contributed by atoms with Gasteiger partial charge in [-0.2, -0.15) is 0 Å². The van der Waals surface area contributed by atoms with Crippen LogP contribution in [-0.2, 0) is 11.8 Å². The van der Waals surface area contributed by atoms with E-state index in [1.807, 2.05) is 35.9 Å². The summed E-state index contributed by atoms with van der Waals surface area (Å²) in [5, 5.41) is 1.61. The molecule has 0 unspecified atom stereocenters. The zero-order valence-corrected chi connectivity index (χ0v) is 11.5. The maximum atomic E-state index is 12.0. The van der Waals surface area contributed by atoms with E-state index >= 15 is 0 Å². The van der Waals surface area contributed by atoms with Crippen LogP contribution in [0.2, 0.25) is 0 Å². The van der Waals surface area contributed by atoms with E-state index in [-0.39, 0.29) is 0 Å². The maximum absolute atomic E-state index is 12.0. The number of aromatic nitrogens is 1. The van der Waals surface area contributed by atoms with Gasteiger partial charge >= 0.3 is 11.9 Å². The molecule has 0 bridgehead atoms. The van der Waals surface area contributed by atoms with Gasteiger partial charge in [0.1, 0.15) is 5.75 Å². The fourth-order valence-electron chi connectivity index (χ4n) is 2.98. The molecule has 21 heavy (non-hydrogen) atoms. The molecule has 0 amide bonds. The van der Waals surface area contributed by atoms with Gasteiger partial charge in [0.2, 0.25) is 0 Å². The zero-order valence-electron chi connectivity index (χ0n) is 11.5. The van der Waals surface area contributed by atoms with Crippen molar-refractivity contribution < 1.29 is 19.1 Å². The number of nitrogens with zero attached hydrogens (tertiary/aromatic N) is 1.